The lowest BCUT2D eigenvalue weighted by atomic mass is 10.1. The third-order valence-electron chi connectivity index (χ3n) is 4.20. The maximum Gasteiger partial charge on any atom is 0.306 e. The second-order valence-corrected chi connectivity index (χ2v) is 6.05. The van der Waals surface area contributed by atoms with Crippen molar-refractivity contribution in [2.45, 2.75) is 25.9 Å². The number of aryl methyl sites for hydroxylation is 1. The van der Waals surface area contributed by atoms with Gasteiger partial charge in [-0.15, -0.1) is 0 Å². The molecule has 27 heavy (non-hydrogen) atoms. The van der Waals surface area contributed by atoms with Crippen LogP contribution in [0.5, 0.6) is 11.5 Å². The summed E-state index contributed by atoms with van der Waals surface area (Å²) in [6.45, 7) is 1.58. The minimum atomic E-state index is -0.854. The second-order valence-electron chi connectivity index (χ2n) is 6.05. The van der Waals surface area contributed by atoms with Gasteiger partial charge in [0, 0.05) is 19.2 Å². The number of methoxy groups -OCH3 is 2. The van der Waals surface area contributed by atoms with E-state index >= 15 is 0 Å². The van der Waals surface area contributed by atoms with Gasteiger partial charge < -0.3 is 19.1 Å². The molecule has 0 radical (unpaired) electrons. The van der Waals surface area contributed by atoms with Gasteiger partial charge in [0.25, 0.3) is 5.91 Å². The van der Waals surface area contributed by atoms with Gasteiger partial charge in [0.05, 0.1) is 14.2 Å². The van der Waals surface area contributed by atoms with E-state index in [0.717, 1.165) is 11.3 Å². The van der Waals surface area contributed by atoms with Crippen LogP contribution in [0.1, 0.15) is 18.9 Å². The average Bonchev–Trinajstić information content (AvgIpc) is 2.71. The van der Waals surface area contributed by atoms with Gasteiger partial charge in [-0.2, -0.15) is 0 Å². The molecule has 0 aromatic heterocycles. The van der Waals surface area contributed by atoms with E-state index in [0.29, 0.717) is 17.9 Å². The van der Waals surface area contributed by atoms with Crippen molar-refractivity contribution in [3.8, 4) is 11.5 Å². The first-order chi connectivity index (χ1) is 13.0. The zero-order chi connectivity index (χ0) is 19.8. The standard InChI is InChI=1S/C21H25NO5/c1-15(21(24)22(2)17-8-6-5-7-9-17)27-20(23)13-11-16-10-12-18(25-3)19(14-16)26-4/h5-10,12,14-15H,11,13H2,1-4H3/t15-/m1/s1. The molecule has 2 aromatic rings. The lowest BCUT2D eigenvalue weighted by Gasteiger charge is -2.21. The summed E-state index contributed by atoms with van der Waals surface area (Å²) in [5, 5.41) is 0. The molecular weight excluding hydrogens is 346 g/mol. The summed E-state index contributed by atoms with van der Waals surface area (Å²) in [4.78, 5) is 26.0. The normalized spacial score (nSPS) is 11.4. The predicted octanol–water partition coefficient (Wildman–Crippen LogP) is 3.23. The minimum absolute atomic E-state index is 0.169. The number of esters is 1. The molecule has 2 rings (SSSR count). The van der Waals surface area contributed by atoms with E-state index in [1.807, 2.05) is 42.5 Å². The monoisotopic (exact) mass is 371 g/mol. The second kappa shape index (κ2) is 9.62. The van der Waals surface area contributed by atoms with E-state index in [9.17, 15) is 9.59 Å². The maximum absolute atomic E-state index is 12.4. The fourth-order valence-electron chi connectivity index (χ4n) is 2.64. The Kier molecular flexibility index (Phi) is 7.23. The van der Waals surface area contributed by atoms with Crippen molar-refractivity contribution in [3.63, 3.8) is 0 Å². The van der Waals surface area contributed by atoms with Crippen molar-refractivity contribution in [2.24, 2.45) is 0 Å². The average molecular weight is 371 g/mol. The Bertz CT molecular complexity index is 775. The van der Waals surface area contributed by atoms with Gasteiger partial charge in [-0.25, -0.2) is 0 Å². The Balaban J connectivity index is 1.88. The van der Waals surface area contributed by atoms with Crippen LogP contribution in [0.2, 0.25) is 0 Å². The predicted molar refractivity (Wildman–Crippen MR) is 103 cm³/mol. The summed E-state index contributed by atoms with van der Waals surface area (Å²) in [5.41, 5.74) is 1.67. The minimum Gasteiger partial charge on any atom is -0.493 e. The lowest BCUT2D eigenvalue weighted by Crippen LogP contribution is -2.37. The van der Waals surface area contributed by atoms with E-state index in [1.54, 1.807) is 34.3 Å². The van der Waals surface area contributed by atoms with E-state index < -0.39 is 12.1 Å². The number of para-hydroxylation sites is 1. The molecule has 0 N–H and O–H groups in total. The third kappa shape index (κ3) is 5.48. The molecule has 6 nitrogen and oxygen atoms in total. The fraction of sp³-hybridized carbons (Fsp3) is 0.333. The number of amides is 1. The number of likely N-dealkylation sites (N-methyl/N-ethyl adjacent to an activating group) is 1. The Morgan fingerprint density at radius 3 is 2.30 bits per heavy atom. The number of ether oxygens (including phenoxy) is 3. The van der Waals surface area contributed by atoms with Crippen LogP contribution in [0, 0.1) is 0 Å². The van der Waals surface area contributed by atoms with Crippen molar-refractivity contribution in [3.05, 3.63) is 54.1 Å². The maximum atomic E-state index is 12.4. The van der Waals surface area contributed by atoms with Gasteiger partial charge in [-0.3, -0.25) is 9.59 Å². The molecule has 1 amide bonds. The number of hydrogen-bond donors (Lipinski definition) is 0. The molecule has 0 saturated heterocycles. The number of rotatable bonds is 8. The van der Waals surface area contributed by atoms with Gasteiger partial charge >= 0.3 is 5.97 Å². The Hall–Kier alpha value is -3.02. The SMILES string of the molecule is COc1ccc(CCC(=O)O[C@H](C)C(=O)N(C)c2ccccc2)cc1OC. The summed E-state index contributed by atoms with van der Waals surface area (Å²) in [7, 11) is 4.79. The van der Waals surface area contributed by atoms with Crippen molar-refractivity contribution in [1.29, 1.82) is 0 Å². The zero-order valence-corrected chi connectivity index (χ0v) is 16.1. The van der Waals surface area contributed by atoms with Crippen molar-refractivity contribution < 1.29 is 23.8 Å². The van der Waals surface area contributed by atoms with Crippen molar-refractivity contribution in [1.82, 2.24) is 0 Å². The van der Waals surface area contributed by atoms with Crippen LogP contribution in [0.25, 0.3) is 0 Å². The van der Waals surface area contributed by atoms with E-state index in [1.165, 1.54) is 4.90 Å². The summed E-state index contributed by atoms with van der Waals surface area (Å²) in [5.74, 6) is 0.538. The van der Waals surface area contributed by atoms with Gasteiger partial charge in [0.2, 0.25) is 0 Å². The number of benzene rings is 2. The zero-order valence-electron chi connectivity index (χ0n) is 16.1. The van der Waals surface area contributed by atoms with Gasteiger partial charge in [0.15, 0.2) is 17.6 Å². The highest BCUT2D eigenvalue weighted by Gasteiger charge is 2.22. The van der Waals surface area contributed by atoms with Crippen molar-refractivity contribution in [2.75, 3.05) is 26.2 Å². The number of carbonyl (C=O) groups excluding carboxylic acids is 2. The molecular formula is C21H25NO5. The van der Waals surface area contributed by atoms with Gasteiger partial charge in [0.1, 0.15) is 0 Å². The van der Waals surface area contributed by atoms with E-state index in [2.05, 4.69) is 0 Å². The van der Waals surface area contributed by atoms with Crippen LogP contribution < -0.4 is 14.4 Å². The first kappa shape index (κ1) is 20.3. The van der Waals surface area contributed by atoms with Crippen LogP contribution in [-0.4, -0.2) is 39.2 Å². The number of carbonyl (C=O) groups is 2. The molecule has 0 spiro atoms. The molecule has 0 bridgehead atoms. The first-order valence-corrected chi connectivity index (χ1v) is 8.69. The Morgan fingerprint density at radius 1 is 1.00 bits per heavy atom. The smallest absolute Gasteiger partial charge is 0.306 e. The Labute approximate surface area is 159 Å². The van der Waals surface area contributed by atoms with Crippen LogP contribution in [0.15, 0.2) is 48.5 Å². The molecule has 0 aliphatic carbocycles. The highest BCUT2D eigenvalue weighted by Crippen LogP contribution is 2.28. The van der Waals surface area contributed by atoms with Crippen LogP contribution in [0.3, 0.4) is 0 Å². The molecule has 0 unspecified atom stereocenters. The molecule has 1 atom stereocenters. The molecule has 144 valence electrons. The molecule has 0 heterocycles. The number of hydrogen-bond acceptors (Lipinski definition) is 5. The highest BCUT2D eigenvalue weighted by molar-refractivity contribution is 5.96. The molecule has 6 heteroatoms. The largest absolute Gasteiger partial charge is 0.493 e. The molecule has 0 fully saturated rings. The summed E-state index contributed by atoms with van der Waals surface area (Å²) in [6, 6.07) is 14.7. The van der Waals surface area contributed by atoms with Crippen LogP contribution in [-0.2, 0) is 20.7 Å². The topological polar surface area (TPSA) is 65.1 Å². The van der Waals surface area contributed by atoms with Crippen molar-refractivity contribution >= 4 is 17.6 Å². The third-order valence-corrected chi connectivity index (χ3v) is 4.20. The quantitative estimate of drug-likeness (QED) is 0.667. The molecule has 0 aliphatic heterocycles. The first-order valence-electron chi connectivity index (χ1n) is 8.69. The highest BCUT2D eigenvalue weighted by atomic mass is 16.5. The van der Waals surface area contributed by atoms with Gasteiger partial charge in [-0.05, 0) is 43.2 Å². The summed E-state index contributed by atoms with van der Waals surface area (Å²) < 4.78 is 15.7. The van der Waals surface area contributed by atoms with Crippen LogP contribution >= 0.6 is 0 Å². The van der Waals surface area contributed by atoms with E-state index in [4.69, 9.17) is 14.2 Å². The van der Waals surface area contributed by atoms with E-state index in [-0.39, 0.29) is 12.3 Å². The summed E-state index contributed by atoms with van der Waals surface area (Å²) >= 11 is 0. The summed E-state index contributed by atoms with van der Waals surface area (Å²) in [6.07, 6.45) is -0.204. The number of anilines is 1. The lowest BCUT2D eigenvalue weighted by molar-refractivity contribution is -0.153. The van der Waals surface area contributed by atoms with Crippen LogP contribution in [0.4, 0.5) is 5.69 Å². The molecule has 0 aliphatic rings. The Morgan fingerprint density at radius 2 is 1.67 bits per heavy atom. The van der Waals surface area contributed by atoms with Gasteiger partial charge in [-0.1, -0.05) is 24.3 Å². The molecule has 0 saturated carbocycles. The molecule has 2 aromatic carbocycles. The number of nitrogens with zero attached hydrogens (tertiary/aromatic N) is 1. The fourth-order valence-corrected chi connectivity index (χ4v) is 2.64.